The molecule has 4 rings (SSSR count). The van der Waals surface area contributed by atoms with E-state index in [0.29, 0.717) is 31.9 Å². The number of nitrogens with zero attached hydrogens (tertiary/aromatic N) is 1. The van der Waals surface area contributed by atoms with Crippen molar-refractivity contribution in [1.29, 1.82) is 0 Å². The Bertz CT molecular complexity index is 1130. The van der Waals surface area contributed by atoms with Gasteiger partial charge in [-0.05, 0) is 54.8 Å². The summed E-state index contributed by atoms with van der Waals surface area (Å²) in [6.07, 6.45) is 3.63. The fraction of sp³-hybridized carbons (Fsp3) is 0.292. The molecule has 1 N–H and O–H groups in total. The fourth-order valence-corrected chi connectivity index (χ4v) is 5.49. The lowest BCUT2D eigenvalue weighted by molar-refractivity contribution is -0.120. The zero-order valence-corrected chi connectivity index (χ0v) is 18.5. The van der Waals surface area contributed by atoms with Crippen LogP contribution in [0.4, 0.5) is 5.69 Å². The van der Waals surface area contributed by atoms with Crippen molar-refractivity contribution < 1.29 is 22.4 Å². The number of anilines is 1. The van der Waals surface area contributed by atoms with Crippen molar-refractivity contribution in [1.82, 2.24) is 4.31 Å². The second-order valence-electron chi connectivity index (χ2n) is 7.70. The van der Waals surface area contributed by atoms with E-state index >= 15 is 0 Å². The summed E-state index contributed by atoms with van der Waals surface area (Å²) in [5.41, 5.74) is 1.50. The predicted molar refractivity (Wildman–Crippen MR) is 120 cm³/mol. The van der Waals surface area contributed by atoms with Crippen LogP contribution >= 0.6 is 0 Å². The van der Waals surface area contributed by atoms with Crippen molar-refractivity contribution >= 4 is 21.6 Å². The Morgan fingerprint density at radius 3 is 2.66 bits per heavy atom. The summed E-state index contributed by atoms with van der Waals surface area (Å²) < 4.78 is 38.5. The van der Waals surface area contributed by atoms with E-state index in [1.54, 1.807) is 48.7 Å². The van der Waals surface area contributed by atoms with E-state index in [9.17, 15) is 13.2 Å². The Labute approximate surface area is 188 Å². The van der Waals surface area contributed by atoms with Crippen LogP contribution in [0.3, 0.4) is 0 Å². The molecule has 1 aliphatic heterocycles. The number of furan rings is 1. The number of hydrogen-bond donors (Lipinski definition) is 1. The average Bonchev–Trinajstić information content (AvgIpc) is 3.33. The summed E-state index contributed by atoms with van der Waals surface area (Å²) in [6.45, 7) is 1.05. The van der Waals surface area contributed by atoms with Crippen LogP contribution < -0.4 is 5.32 Å². The molecule has 168 valence electrons. The number of carbonyl (C=O) groups excluding carboxylic acids is 1. The van der Waals surface area contributed by atoms with Gasteiger partial charge in [-0.3, -0.25) is 4.79 Å². The molecule has 8 heteroatoms. The second kappa shape index (κ2) is 10.1. The molecule has 7 nitrogen and oxygen atoms in total. The molecule has 1 unspecified atom stereocenters. The molecule has 1 atom stereocenters. The highest BCUT2D eigenvalue weighted by atomic mass is 32.2. The van der Waals surface area contributed by atoms with E-state index in [4.69, 9.17) is 9.15 Å². The first-order valence-corrected chi connectivity index (χ1v) is 12.0. The van der Waals surface area contributed by atoms with Gasteiger partial charge < -0.3 is 14.5 Å². The molecule has 1 amide bonds. The lowest BCUT2D eigenvalue weighted by Gasteiger charge is -2.33. The second-order valence-corrected chi connectivity index (χ2v) is 9.59. The maximum absolute atomic E-state index is 13.1. The van der Waals surface area contributed by atoms with E-state index in [1.165, 1.54) is 4.31 Å². The molecule has 2 aromatic carbocycles. The van der Waals surface area contributed by atoms with Crippen molar-refractivity contribution in [3.05, 3.63) is 84.3 Å². The molecular weight excluding hydrogens is 428 g/mol. The van der Waals surface area contributed by atoms with E-state index in [1.807, 2.05) is 24.3 Å². The van der Waals surface area contributed by atoms with Gasteiger partial charge >= 0.3 is 0 Å². The molecule has 2 heterocycles. The number of carbonyl (C=O) groups is 1. The van der Waals surface area contributed by atoms with Crippen LogP contribution in [-0.2, 0) is 32.8 Å². The van der Waals surface area contributed by atoms with Gasteiger partial charge in [-0.25, -0.2) is 8.42 Å². The van der Waals surface area contributed by atoms with Gasteiger partial charge in [0.2, 0.25) is 15.9 Å². The topological polar surface area (TPSA) is 88.8 Å². The zero-order valence-electron chi connectivity index (χ0n) is 17.6. The van der Waals surface area contributed by atoms with Gasteiger partial charge in [0, 0.05) is 12.2 Å². The van der Waals surface area contributed by atoms with Crippen LogP contribution in [0.2, 0.25) is 0 Å². The molecule has 3 aromatic rings. The van der Waals surface area contributed by atoms with E-state index in [2.05, 4.69) is 5.32 Å². The number of benzene rings is 2. The minimum atomic E-state index is -3.75. The molecular formula is C24H26N2O5S. The summed E-state index contributed by atoms with van der Waals surface area (Å²) >= 11 is 0. The molecule has 32 heavy (non-hydrogen) atoms. The predicted octanol–water partition coefficient (Wildman–Crippen LogP) is 4.18. The molecule has 1 aromatic heterocycles. The number of ether oxygens (including phenoxy) is 1. The summed E-state index contributed by atoms with van der Waals surface area (Å²) in [4.78, 5) is 13.3. The van der Waals surface area contributed by atoms with Gasteiger partial charge in [0.15, 0.2) is 0 Å². The highest BCUT2D eigenvalue weighted by Gasteiger charge is 2.37. The lowest BCUT2D eigenvalue weighted by Crippen LogP contribution is -2.49. The average molecular weight is 455 g/mol. The minimum absolute atomic E-state index is 0.204. The Balaban J connectivity index is 1.43. The highest BCUT2D eigenvalue weighted by molar-refractivity contribution is 7.89. The van der Waals surface area contributed by atoms with Gasteiger partial charge in [0.05, 0.1) is 17.8 Å². The minimum Gasteiger partial charge on any atom is -0.467 e. The van der Waals surface area contributed by atoms with E-state index < -0.39 is 16.1 Å². The first-order chi connectivity index (χ1) is 15.5. The molecule has 0 radical (unpaired) electrons. The Morgan fingerprint density at radius 1 is 1.03 bits per heavy atom. The third-order valence-corrected chi connectivity index (χ3v) is 7.32. The number of nitrogens with one attached hydrogen (secondary N) is 1. The SMILES string of the molecule is O=C(Nc1cccc(COCc2ccco2)c1)C1CCCCN1S(=O)(=O)c1ccccc1. The zero-order chi connectivity index (χ0) is 22.4. The summed E-state index contributed by atoms with van der Waals surface area (Å²) in [5.74, 6) is 0.421. The molecule has 0 saturated carbocycles. The number of sulfonamides is 1. The first kappa shape index (κ1) is 22.3. The summed E-state index contributed by atoms with van der Waals surface area (Å²) in [7, 11) is -3.75. The third kappa shape index (κ3) is 5.27. The normalized spacial score (nSPS) is 17.2. The van der Waals surface area contributed by atoms with Gasteiger partial charge in [0.25, 0.3) is 0 Å². The van der Waals surface area contributed by atoms with Gasteiger partial charge in [-0.2, -0.15) is 4.31 Å². The molecule has 0 aliphatic carbocycles. The molecule has 1 aliphatic rings. The maximum atomic E-state index is 13.1. The van der Waals surface area contributed by atoms with Crippen LogP contribution in [0.1, 0.15) is 30.6 Å². The Morgan fingerprint density at radius 2 is 1.88 bits per heavy atom. The van der Waals surface area contributed by atoms with Crippen molar-refractivity contribution in [2.75, 3.05) is 11.9 Å². The van der Waals surface area contributed by atoms with Crippen molar-refractivity contribution in [3.8, 4) is 0 Å². The summed E-state index contributed by atoms with van der Waals surface area (Å²) in [5, 5.41) is 2.89. The fourth-order valence-electron chi connectivity index (χ4n) is 3.81. The van der Waals surface area contributed by atoms with Crippen LogP contribution in [-0.4, -0.2) is 31.2 Å². The molecule has 1 fully saturated rings. The van der Waals surface area contributed by atoms with Crippen LogP contribution in [0.5, 0.6) is 0 Å². The number of rotatable bonds is 8. The number of amides is 1. The quantitative estimate of drug-likeness (QED) is 0.552. The van der Waals surface area contributed by atoms with Crippen LogP contribution in [0, 0.1) is 0 Å². The van der Waals surface area contributed by atoms with Crippen LogP contribution in [0.25, 0.3) is 0 Å². The smallest absolute Gasteiger partial charge is 0.243 e. The largest absolute Gasteiger partial charge is 0.467 e. The Hall–Kier alpha value is -2.94. The van der Waals surface area contributed by atoms with Gasteiger partial charge in [-0.15, -0.1) is 0 Å². The third-order valence-electron chi connectivity index (χ3n) is 5.39. The van der Waals surface area contributed by atoms with E-state index in [0.717, 1.165) is 24.2 Å². The lowest BCUT2D eigenvalue weighted by atomic mass is 10.0. The standard InChI is InChI=1S/C24H26N2O5S/c27-24(23-13-4-5-14-26(23)32(28,29)22-11-2-1-3-12-22)25-20-9-6-8-19(16-20)17-30-18-21-10-7-15-31-21/h1-3,6-12,15-16,23H,4-5,13-14,17-18H2,(H,25,27). The highest BCUT2D eigenvalue weighted by Crippen LogP contribution is 2.26. The molecule has 0 bridgehead atoms. The van der Waals surface area contributed by atoms with Crippen molar-refractivity contribution in [3.63, 3.8) is 0 Å². The van der Waals surface area contributed by atoms with Crippen LogP contribution in [0.15, 0.2) is 82.3 Å². The summed E-state index contributed by atoms with van der Waals surface area (Å²) in [6, 6.07) is 18.5. The molecule has 1 saturated heterocycles. The Kier molecular flexibility index (Phi) is 7.04. The van der Waals surface area contributed by atoms with Crippen molar-refractivity contribution in [2.45, 2.75) is 43.4 Å². The van der Waals surface area contributed by atoms with Gasteiger partial charge in [-0.1, -0.05) is 36.8 Å². The number of piperidine rings is 1. The first-order valence-electron chi connectivity index (χ1n) is 10.6. The van der Waals surface area contributed by atoms with Gasteiger partial charge in [0.1, 0.15) is 18.4 Å². The number of hydrogen-bond acceptors (Lipinski definition) is 5. The van der Waals surface area contributed by atoms with E-state index in [-0.39, 0.29) is 10.8 Å². The molecule has 0 spiro atoms. The monoisotopic (exact) mass is 454 g/mol. The van der Waals surface area contributed by atoms with Crippen molar-refractivity contribution in [2.24, 2.45) is 0 Å². The maximum Gasteiger partial charge on any atom is 0.243 e.